The fraction of sp³-hybridized carbons (Fsp3) is 0.500. The van der Waals surface area contributed by atoms with Gasteiger partial charge in [-0.2, -0.15) is 0 Å². The summed E-state index contributed by atoms with van der Waals surface area (Å²) >= 11 is 0. The van der Waals surface area contributed by atoms with E-state index in [1.165, 1.54) is 12.1 Å². The number of guanidine groups is 1. The molecular weight excluding hydrogens is 283 g/mol. The van der Waals surface area contributed by atoms with E-state index in [1.807, 2.05) is 6.92 Å². The highest BCUT2D eigenvalue weighted by Gasteiger charge is 2.46. The maximum Gasteiger partial charge on any atom is 0.573 e. The van der Waals surface area contributed by atoms with Crippen LogP contribution >= 0.6 is 0 Å². The topological polar surface area (TPSA) is 50.9 Å². The van der Waals surface area contributed by atoms with Crippen molar-refractivity contribution in [3.8, 4) is 5.75 Å². The van der Waals surface area contributed by atoms with Gasteiger partial charge in [0.2, 0.25) is 0 Å². The molecule has 1 aromatic carbocycles. The van der Waals surface area contributed by atoms with Crippen LogP contribution in [-0.2, 0) is 5.54 Å². The lowest BCUT2D eigenvalue weighted by atomic mass is 9.91. The summed E-state index contributed by atoms with van der Waals surface area (Å²) < 4.78 is 40.4. The van der Waals surface area contributed by atoms with Crippen LogP contribution in [0.15, 0.2) is 29.3 Å². The van der Waals surface area contributed by atoms with E-state index in [-0.39, 0.29) is 5.75 Å². The van der Waals surface area contributed by atoms with E-state index in [0.717, 1.165) is 18.4 Å². The number of rotatable bonds is 3. The molecule has 2 N–H and O–H groups in total. The molecule has 0 bridgehead atoms. The standard InChI is InChI=1S/C14H16F3N3O/c1-13(8-19-12(18)20(13)10-4-5-10)9-2-6-11(7-3-9)21-14(15,16)17/h2-3,6-7,10H,4-5,8H2,1H3,(H2,18,19). The van der Waals surface area contributed by atoms with E-state index in [0.29, 0.717) is 18.5 Å². The van der Waals surface area contributed by atoms with Crippen molar-refractivity contribution < 1.29 is 17.9 Å². The summed E-state index contributed by atoms with van der Waals surface area (Å²) in [6.07, 6.45) is -2.53. The molecule has 0 radical (unpaired) electrons. The van der Waals surface area contributed by atoms with Gasteiger partial charge in [-0.3, -0.25) is 4.99 Å². The number of nitrogens with two attached hydrogens (primary N) is 1. The Morgan fingerprint density at radius 1 is 1.29 bits per heavy atom. The van der Waals surface area contributed by atoms with Gasteiger partial charge in [0.1, 0.15) is 5.75 Å². The molecule has 7 heteroatoms. The molecule has 1 aliphatic carbocycles. The summed E-state index contributed by atoms with van der Waals surface area (Å²) in [7, 11) is 0. The first-order valence-corrected chi connectivity index (χ1v) is 6.75. The second kappa shape index (κ2) is 4.54. The molecular formula is C14H16F3N3O. The van der Waals surface area contributed by atoms with Crippen LogP contribution in [0.4, 0.5) is 13.2 Å². The SMILES string of the molecule is CC1(c2ccc(OC(F)(F)F)cc2)CN=C(N)N1C1CC1. The molecule has 1 heterocycles. The zero-order valence-corrected chi connectivity index (χ0v) is 11.5. The Morgan fingerprint density at radius 3 is 2.43 bits per heavy atom. The van der Waals surface area contributed by atoms with E-state index < -0.39 is 11.9 Å². The number of aliphatic imine (C=N–C) groups is 1. The van der Waals surface area contributed by atoms with Crippen molar-refractivity contribution in [3.63, 3.8) is 0 Å². The summed E-state index contributed by atoms with van der Waals surface area (Å²) in [6, 6.07) is 6.32. The van der Waals surface area contributed by atoms with Crippen molar-refractivity contribution in [2.75, 3.05) is 6.54 Å². The Labute approximate surface area is 120 Å². The molecule has 1 atom stereocenters. The third-order valence-electron chi connectivity index (χ3n) is 3.95. The highest BCUT2D eigenvalue weighted by Crippen LogP contribution is 2.41. The number of ether oxygens (including phenoxy) is 1. The summed E-state index contributed by atoms with van der Waals surface area (Å²) in [5, 5.41) is 0. The van der Waals surface area contributed by atoms with Gasteiger partial charge in [0, 0.05) is 6.04 Å². The first-order chi connectivity index (χ1) is 9.79. The molecule has 2 aliphatic rings. The number of alkyl halides is 3. The highest BCUT2D eigenvalue weighted by atomic mass is 19.4. The monoisotopic (exact) mass is 299 g/mol. The van der Waals surface area contributed by atoms with Crippen molar-refractivity contribution in [1.29, 1.82) is 0 Å². The minimum absolute atomic E-state index is 0.222. The summed E-state index contributed by atoms with van der Waals surface area (Å²) in [6.45, 7) is 2.52. The quantitative estimate of drug-likeness (QED) is 0.933. The minimum atomic E-state index is -4.67. The number of nitrogens with zero attached hydrogens (tertiary/aromatic N) is 2. The first kappa shape index (κ1) is 14.0. The third kappa shape index (κ3) is 2.64. The molecule has 0 spiro atoms. The van der Waals surface area contributed by atoms with Crippen LogP contribution in [0, 0.1) is 0 Å². The lowest BCUT2D eigenvalue weighted by Crippen LogP contribution is -2.48. The first-order valence-electron chi connectivity index (χ1n) is 6.75. The summed E-state index contributed by atoms with van der Waals surface area (Å²) in [5.74, 6) is 0.287. The molecule has 1 unspecified atom stereocenters. The van der Waals surface area contributed by atoms with E-state index in [2.05, 4.69) is 14.6 Å². The number of hydrogen-bond acceptors (Lipinski definition) is 4. The van der Waals surface area contributed by atoms with Crippen molar-refractivity contribution in [1.82, 2.24) is 4.90 Å². The maximum atomic E-state index is 12.2. The van der Waals surface area contributed by atoms with E-state index in [1.54, 1.807) is 12.1 Å². The Morgan fingerprint density at radius 2 is 1.90 bits per heavy atom. The molecule has 1 aliphatic heterocycles. The molecule has 1 aromatic rings. The number of benzene rings is 1. The second-order valence-corrected chi connectivity index (χ2v) is 5.62. The molecule has 4 nitrogen and oxygen atoms in total. The Bertz CT molecular complexity index is 566. The molecule has 1 saturated carbocycles. The third-order valence-corrected chi connectivity index (χ3v) is 3.95. The van der Waals surface area contributed by atoms with E-state index >= 15 is 0 Å². The number of hydrogen-bond donors (Lipinski definition) is 1. The molecule has 0 saturated heterocycles. The predicted molar refractivity (Wildman–Crippen MR) is 71.8 cm³/mol. The van der Waals surface area contributed by atoms with Crippen LogP contribution in [-0.4, -0.2) is 29.8 Å². The smallest absolute Gasteiger partial charge is 0.406 e. The lowest BCUT2D eigenvalue weighted by Gasteiger charge is -2.37. The molecule has 21 heavy (non-hydrogen) atoms. The van der Waals surface area contributed by atoms with Crippen LogP contribution in [0.1, 0.15) is 25.3 Å². The normalized spacial score (nSPS) is 25.9. The lowest BCUT2D eigenvalue weighted by molar-refractivity contribution is -0.274. The van der Waals surface area contributed by atoms with Gasteiger partial charge in [-0.15, -0.1) is 13.2 Å². The fourth-order valence-corrected chi connectivity index (χ4v) is 2.81. The Balaban J connectivity index is 1.83. The van der Waals surface area contributed by atoms with Gasteiger partial charge in [0.05, 0.1) is 12.1 Å². The summed E-state index contributed by atoms with van der Waals surface area (Å²) in [4.78, 5) is 6.38. The van der Waals surface area contributed by atoms with E-state index in [4.69, 9.17) is 5.73 Å². The van der Waals surface area contributed by atoms with Crippen LogP contribution in [0.2, 0.25) is 0 Å². The molecule has 1 fully saturated rings. The molecule has 3 rings (SSSR count). The van der Waals surface area contributed by atoms with Crippen LogP contribution in [0.25, 0.3) is 0 Å². The fourth-order valence-electron chi connectivity index (χ4n) is 2.81. The van der Waals surface area contributed by atoms with Crippen LogP contribution in [0.5, 0.6) is 5.75 Å². The maximum absolute atomic E-state index is 12.2. The van der Waals surface area contributed by atoms with Crippen molar-refractivity contribution in [2.24, 2.45) is 10.7 Å². The molecule has 114 valence electrons. The summed E-state index contributed by atoms with van der Waals surface area (Å²) in [5.41, 5.74) is 6.43. The predicted octanol–water partition coefficient (Wildman–Crippen LogP) is 2.59. The minimum Gasteiger partial charge on any atom is -0.406 e. The van der Waals surface area contributed by atoms with Crippen LogP contribution < -0.4 is 10.5 Å². The van der Waals surface area contributed by atoms with Crippen molar-refractivity contribution in [2.45, 2.75) is 37.7 Å². The molecule has 0 aromatic heterocycles. The van der Waals surface area contributed by atoms with Crippen molar-refractivity contribution >= 4 is 5.96 Å². The van der Waals surface area contributed by atoms with Gasteiger partial charge in [-0.05, 0) is 37.5 Å². The second-order valence-electron chi connectivity index (χ2n) is 5.62. The Hall–Kier alpha value is -1.92. The zero-order valence-electron chi connectivity index (χ0n) is 11.5. The van der Waals surface area contributed by atoms with Crippen molar-refractivity contribution in [3.05, 3.63) is 29.8 Å². The van der Waals surface area contributed by atoms with Crippen LogP contribution in [0.3, 0.4) is 0 Å². The Kier molecular flexibility index (Phi) is 3.04. The van der Waals surface area contributed by atoms with Gasteiger partial charge in [0.25, 0.3) is 0 Å². The largest absolute Gasteiger partial charge is 0.573 e. The number of halogens is 3. The van der Waals surface area contributed by atoms with Gasteiger partial charge < -0.3 is 15.4 Å². The molecule has 0 amide bonds. The zero-order chi connectivity index (χ0) is 15.3. The van der Waals surface area contributed by atoms with Gasteiger partial charge >= 0.3 is 6.36 Å². The van der Waals surface area contributed by atoms with Gasteiger partial charge in [-0.1, -0.05) is 12.1 Å². The highest BCUT2D eigenvalue weighted by molar-refractivity contribution is 5.82. The average Bonchev–Trinajstić information content (AvgIpc) is 3.15. The average molecular weight is 299 g/mol. The van der Waals surface area contributed by atoms with E-state index in [9.17, 15) is 13.2 Å². The van der Waals surface area contributed by atoms with Gasteiger partial charge in [-0.25, -0.2) is 0 Å². The van der Waals surface area contributed by atoms with Gasteiger partial charge in [0.15, 0.2) is 5.96 Å².